The molecule has 0 aromatic heterocycles. The van der Waals surface area contributed by atoms with Crippen LogP contribution in [0.1, 0.15) is 46.5 Å². The van der Waals surface area contributed by atoms with Crippen LogP contribution in [0.25, 0.3) is 0 Å². The van der Waals surface area contributed by atoms with Crippen molar-refractivity contribution in [3.8, 4) is 0 Å². The van der Waals surface area contributed by atoms with Gasteiger partial charge in [-0.25, -0.2) is 0 Å². The van der Waals surface area contributed by atoms with Crippen molar-refractivity contribution in [1.29, 1.82) is 5.41 Å². The summed E-state index contributed by atoms with van der Waals surface area (Å²) < 4.78 is 17.5. The number of nitrogens with one attached hydrogen (secondary N) is 1. The third kappa shape index (κ3) is 2.88. The van der Waals surface area contributed by atoms with E-state index < -0.39 is 0 Å². The first kappa shape index (κ1) is 15.0. The number of rotatable bonds is 3. The average molecular weight is 293 g/mol. The molecule has 1 aliphatic carbocycles. The van der Waals surface area contributed by atoms with Gasteiger partial charge in [-0.3, -0.25) is 5.41 Å². The van der Waals surface area contributed by atoms with Gasteiger partial charge in [0.15, 0.2) is 5.90 Å². The molecule has 5 atom stereocenters. The first-order chi connectivity index (χ1) is 10.0. The molecular formula is C17H27NO3. The largest absolute Gasteiger partial charge is 0.474 e. The minimum atomic E-state index is -0.0577. The minimum absolute atomic E-state index is 0.0406. The topological polar surface area (TPSA) is 54.8 Å². The van der Waals surface area contributed by atoms with Crippen LogP contribution in [0.2, 0.25) is 0 Å². The van der Waals surface area contributed by atoms with Crippen LogP contribution in [-0.2, 0) is 14.2 Å². The molecule has 1 N–H and O–H groups in total. The zero-order valence-electron chi connectivity index (χ0n) is 13.4. The second-order valence-corrected chi connectivity index (χ2v) is 6.86. The molecule has 3 aliphatic rings. The number of epoxide rings is 1. The van der Waals surface area contributed by atoms with Crippen molar-refractivity contribution in [3.05, 3.63) is 11.6 Å². The van der Waals surface area contributed by atoms with E-state index in [1.54, 1.807) is 0 Å². The zero-order valence-corrected chi connectivity index (χ0v) is 13.4. The van der Waals surface area contributed by atoms with Crippen LogP contribution in [0.15, 0.2) is 11.6 Å². The van der Waals surface area contributed by atoms with Gasteiger partial charge in [-0.2, -0.15) is 0 Å². The molecule has 0 radical (unpaired) electrons. The predicted molar refractivity (Wildman–Crippen MR) is 81.6 cm³/mol. The quantitative estimate of drug-likeness (QED) is 0.641. The van der Waals surface area contributed by atoms with Crippen LogP contribution < -0.4 is 0 Å². The summed E-state index contributed by atoms with van der Waals surface area (Å²) in [5.74, 6) is 0.838. The number of hydrogen-bond donors (Lipinski definition) is 1. The van der Waals surface area contributed by atoms with Gasteiger partial charge in [0.2, 0.25) is 0 Å². The van der Waals surface area contributed by atoms with Gasteiger partial charge in [-0.15, -0.1) is 0 Å². The second kappa shape index (κ2) is 5.73. The lowest BCUT2D eigenvalue weighted by atomic mass is 9.81. The first-order valence-corrected chi connectivity index (χ1v) is 8.21. The van der Waals surface area contributed by atoms with Gasteiger partial charge in [0.25, 0.3) is 0 Å². The van der Waals surface area contributed by atoms with E-state index >= 15 is 0 Å². The number of ether oxygens (including phenoxy) is 3. The highest BCUT2D eigenvalue weighted by molar-refractivity contribution is 5.78. The van der Waals surface area contributed by atoms with Gasteiger partial charge in [-0.05, 0) is 46.5 Å². The van der Waals surface area contributed by atoms with Crippen LogP contribution in [0.4, 0.5) is 0 Å². The van der Waals surface area contributed by atoms with Crippen LogP contribution in [0, 0.1) is 17.2 Å². The smallest absolute Gasteiger partial charge is 0.186 e. The Bertz CT molecular complexity index is 447. The molecule has 2 fully saturated rings. The molecule has 118 valence electrons. The molecule has 0 spiro atoms. The molecule has 0 aromatic carbocycles. The van der Waals surface area contributed by atoms with E-state index in [4.69, 9.17) is 19.6 Å². The van der Waals surface area contributed by atoms with Crippen molar-refractivity contribution >= 4 is 5.90 Å². The Hall–Kier alpha value is -0.870. The van der Waals surface area contributed by atoms with Gasteiger partial charge in [0.05, 0.1) is 18.1 Å². The van der Waals surface area contributed by atoms with Crippen LogP contribution in [0.5, 0.6) is 0 Å². The van der Waals surface area contributed by atoms with Gasteiger partial charge >= 0.3 is 0 Å². The van der Waals surface area contributed by atoms with Crippen molar-refractivity contribution in [2.24, 2.45) is 11.8 Å². The average Bonchev–Trinajstić information content (AvgIpc) is 3.00. The molecule has 3 rings (SSSR count). The highest BCUT2D eigenvalue weighted by Gasteiger charge is 2.61. The van der Waals surface area contributed by atoms with Crippen LogP contribution >= 0.6 is 0 Å². The van der Waals surface area contributed by atoms with E-state index in [9.17, 15) is 0 Å². The lowest BCUT2D eigenvalue weighted by Gasteiger charge is -2.22. The molecule has 0 amide bonds. The maximum Gasteiger partial charge on any atom is 0.186 e. The molecule has 0 bridgehead atoms. The van der Waals surface area contributed by atoms with E-state index in [1.807, 2.05) is 6.92 Å². The van der Waals surface area contributed by atoms with Gasteiger partial charge < -0.3 is 14.2 Å². The fourth-order valence-corrected chi connectivity index (χ4v) is 3.81. The minimum Gasteiger partial charge on any atom is -0.474 e. The molecule has 21 heavy (non-hydrogen) atoms. The van der Waals surface area contributed by atoms with Crippen molar-refractivity contribution in [1.82, 2.24) is 0 Å². The monoisotopic (exact) mass is 293 g/mol. The molecule has 4 nitrogen and oxygen atoms in total. The van der Waals surface area contributed by atoms with Crippen molar-refractivity contribution in [3.63, 3.8) is 0 Å². The standard InChI is InChI=1S/C17H27NO3/c1-4-19-10-13-12-8-7-11(2)6-5-9-17(3)15(21-17)14(12)20-16(13)18/h6,12-15,18H,4-5,7-10H2,1-3H3/b11-6+,18-16?/t12-,13-,14-,15+,17+/m0/s1. The molecule has 0 unspecified atom stereocenters. The lowest BCUT2D eigenvalue weighted by Crippen LogP contribution is -2.31. The molecule has 0 saturated carbocycles. The van der Waals surface area contributed by atoms with Crippen molar-refractivity contribution in [2.45, 2.75) is 64.3 Å². The highest BCUT2D eigenvalue weighted by atomic mass is 16.6. The van der Waals surface area contributed by atoms with E-state index in [0.717, 1.165) is 25.7 Å². The van der Waals surface area contributed by atoms with Crippen LogP contribution in [-0.4, -0.2) is 36.9 Å². The first-order valence-electron chi connectivity index (χ1n) is 8.21. The molecule has 2 heterocycles. The predicted octanol–water partition coefficient (Wildman–Crippen LogP) is 3.31. The molecule has 2 aliphatic heterocycles. The van der Waals surface area contributed by atoms with Gasteiger partial charge in [0.1, 0.15) is 12.2 Å². The fraction of sp³-hybridized carbons (Fsp3) is 0.824. The van der Waals surface area contributed by atoms with Gasteiger partial charge in [0, 0.05) is 12.5 Å². The Morgan fingerprint density at radius 2 is 2.29 bits per heavy atom. The van der Waals surface area contributed by atoms with Crippen molar-refractivity contribution < 1.29 is 14.2 Å². The summed E-state index contributed by atoms with van der Waals surface area (Å²) in [4.78, 5) is 0. The Morgan fingerprint density at radius 3 is 3.05 bits per heavy atom. The molecule has 2 saturated heterocycles. The number of hydrogen-bond acceptors (Lipinski definition) is 4. The second-order valence-electron chi connectivity index (χ2n) is 6.86. The van der Waals surface area contributed by atoms with E-state index in [2.05, 4.69) is 19.9 Å². The Labute approximate surface area is 127 Å². The van der Waals surface area contributed by atoms with Crippen LogP contribution in [0.3, 0.4) is 0 Å². The summed E-state index contributed by atoms with van der Waals surface area (Å²) in [6, 6.07) is 0. The Morgan fingerprint density at radius 1 is 1.48 bits per heavy atom. The number of allylic oxidation sites excluding steroid dienone is 2. The molecule has 4 heteroatoms. The maximum atomic E-state index is 8.18. The Kier molecular flexibility index (Phi) is 4.10. The summed E-state index contributed by atoms with van der Waals surface area (Å²) in [5.41, 5.74) is 1.39. The summed E-state index contributed by atoms with van der Waals surface area (Å²) in [6.07, 6.45) is 6.82. The van der Waals surface area contributed by atoms with Gasteiger partial charge in [-0.1, -0.05) is 11.6 Å². The normalized spacial score (nSPS) is 45.1. The molecule has 0 aromatic rings. The van der Waals surface area contributed by atoms with E-state index in [0.29, 0.717) is 25.0 Å². The summed E-state index contributed by atoms with van der Waals surface area (Å²) in [7, 11) is 0. The highest BCUT2D eigenvalue weighted by Crippen LogP contribution is 2.50. The number of fused-ring (bicyclic) bond motifs is 3. The summed E-state index contributed by atoms with van der Waals surface area (Å²) in [6.45, 7) is 7.68. The van der Waals surface area contributed by atoms with Crippen molar-refractivity contribution in [2.75, 3.05) is 13.2 Å². The zero-order chi connectivity index (χ0) is 15.0. The Balaban J connectivity index is 1.80. The third-order valence-electron chi connectivity index (χ3n) is 5.28. The third-order valence-corrected chi connectivity index (χ3v) is 5.28. The molecular weight excluding hydrogens is 266 g/mol. The maximum absolute atomic E-state index is 8.18. The van der Waals surface area contributed by atoms with E-state index in [1.165, 1.54) is 5.57 Å². The van der Waals surface area contributed by atoms with E-state index in [-0.39, 0.29) is 23.7 Å². The fourth-order valence-electron chi connectivity index (χ4n) is 3.81. The SMILES string of the molecule is CCOC[C@@H]1C(=N)O[C@H]2[C@H]1CC/C(C)=C/CC[C@@]1(C)O[C@H]21. The lowest BCUT2D eigenvalue weighted by molar-refractivity contribution is 0.0886. The summed E-state index contributed by atoms with van der Waals surface area (Å²) in [5, 5.41) is 8.18. The summed E-state index contributed by atoms with van der Waals surface area (Å²) >= 11 is 0.